The molecular weight excluding hydrogens is 440 g/mol. The van der Waals surface area contributed by atoms with Crippen LogP contribution in [0.3, 0.4) is 0 Å². The Bertz CT molecular complexity index is 1290. The molecule has 0 bridgehead atoms. The fourth-order valence-electron chi connectivity index (χ4n) is 2.97. The molecule has 1 aromatic carbocycles. The number of rotatable bonds is 5. The number of hydrogen-bond acceptors (Lipinski definition) is 5. The number of hydrogen-bond donors (Lipinski definition) is 1. The summed E-state index contributed by atoms with van der Waals surface area (Å²) in [4.78, 5) is 42.5. The molecule has 1 amide bonds. The van der Waals surface area contributed by atoms with Crippen LogP contribution in [0.5, 0.6) is 0 Å². The molecule has 0 aliphatic heterocycles. The molecule has 3 heterocycles. The molecular formula is C20H15BrN4O4. The molecule has 0 fully saturated rings. The Balaban J connectivity index is 1.74. The van der Waals surface area contributed by atoms with Gasteiger partial charge in [-0.2, -0.15) is 0 Å². The van der Waals surface area contributed by atoms with Crippen molar-refractivity contribution >= 4 is 38.6 Å². The molecule has 0 unspecified atom stereocenters. The van der Waals surface area contributed by atoms with Gasteiger partial charge in [-0.1, -0.05) is 15.9 Å². The van der Waals surface area contributed by atoms with Gasteiger partial charge in [0.05, 0.1) is 18.2 Å². The summed E-state index contributed by atoms with van der Waals surface area (Å²) in [5, 5.41) is 2.98. The molecule has 146 valence electrons. The molecule has 4 rings (SSSR count). The molecule has 0 aliphatic rings. The molecule has 0 spiro atoms. The van der Waals surface area contributed by atoms with E-state index in [-0.39, 0.29) is 24.1 Å². The summed E-state index contributed by atoms with van der Waals surface area (Å²) in [5.41, 5.74) is -0.376. The zero-order chi connectivity index (χ0) is 20.4. The van der Waals surface area contributed by atoms with Crippen LogP contribution in [0.25, 0.3) is 11.0 Å². The standard InChI is InChI=1S/C20H15BrN4O4/c21-13-5-7-14(8-6-13)23-17(26)12-24-18-16(4-1-9-22-18)19(27)25(20(24)28)11-15-3-2-10-29-15/h1-10H,11-12H2,(H,23,26). The smallest absolute Gasteiger partial charge is 0.333 e. The number of nitrogens with one attached hydrogen (secondary N) is 1. The first-order chi connectivity index (χ1) is 14.0. The number of aromatic nitrogens is 3. The zero-order valence-electron chi connectivity index (χ0n) is 15.0. The predicted octanol–water partition coefficient (Wildman–Crippen LogP) is 2.60. The molecule has 0 saturated heterocycles. The van der Waals surface area contributed by atoms with Crippen molar-refractivity contribution in [3.8, 4) is 0 Å². The molecule has 29 heavy (non-hydrogen) atoms. The van der Waals surface area contributed by atoms with Gasteiger partial charge >= 0.3 is 5.69 Å². The number of fused-ring (bicyclic) bond motifs is 1. The summed E-state index contributed by atoms with van der Waals surface area (Å²) < 4.78 is 8.37. The molecule has 4 aromatic rings. The van der Waals surface area contributed by atoms with Crippen molar-refractivity contribution < 1.29 is 9.21 Å². The average Bonchev–Trinajstić information content (AvgIpc) is 3.23. The fourth-order valence-corrected chi connectivity index (χ4v) is 3.23. The normalized spacial score (nSPS) is 10.9. The van der Waals surface area contributed by atoms with Gasteiger partial charge in [-0.05, 0) is 48.5 Å². The predicted molar refractivity (Wildman–Crippen MR) is 111 cm³/mol. The van der Waals surface area contributed by atoms with Crippen LogP contribution in [0.15, 0.2) is 79.5 Å². The van der Waals surface area contributed by atoms with E-state index < -0.39 is 17.2 Å². The second-order valence-corrected chi connectivity index (χ2v) is 7.18. The van der Waals surface area contributed by atoms with Gasteiger partial charge in [-0.15, -0.1) is 0 Å². The SMILES string of the molecule is O=C(Cn1c(=O)n(Cc2ccco2)c(=O)c2cccnc21)Nc1ccc(Br)cc1. The molecule has 0 atom stereocenters. The van der Waals surface area contributed by atoms with Crippen LogP contribution in [0, 0.1) is 0 Å². The lowest BCUT2D eigenvalue weighted by Crippen LogP contribution is -2.42. The lowest BCUT2D eigenvalue weighted by atomic mass is 10.3. The molecule has 1 N–H and O–H groups in total. The number of benzene rings is 1. The number of furan rings is 1. The number of pyridine rings is 1. The van der Waals surface area contributed by atoms with Gasteiger partial charge in [0.1, 0.15) is 18.0 Å². The van der Waals surface area contributed by atoms with Crippen molar-refractivity contribution in [2.75, 3.05) is 5.32 Å². The van der Waals surface area contributed by atoms with Crippen LogP contribution in [-0.2, 0) is 17.9 Å². The molecule has 8 nitrogen and oxygen atoms in total. The van der Waals surface area contributed by atoms with Crippen molar-refractivity contribution in [1.29, 1.82) is 0 Å². The van der Waals surface area contributed by atoms with Gasteiger partial charge in [-0.3, -0.25) is 18.7 Å². The van der Waals surface area contributed by atoms with E-state index in [1.807, 2.05) is 0 Å². The fraction of sp³-hybridized carbons (Fsp3) is 0.100. The van der Waals surface area contributed by atoms with Crippen LogP contribution in [0.2, 0.25) is 0 Å². The quantitative estimate of drug-likeness (QED) is 0.499. The molecule has 9 heteroatoms. The Morgan fingerprint density at radius 3 is 2.59 bits per heavy atom. The third-order valence-corrected chi connectivity index (χ3v) is 4.83. The highest BCUT2D eigenvalue weighted by atomic mass is 79.9. The van der Waals surface area contributed by atoms with E-state index in [1.165, 1.54) is 17.0 Å². The van der Waals surface area contributed by atoms with Crippen LogP contribution >= 0.6 is 15.9 Å². The number of carbonyl (C=O) groups is 1. The molecule has 3 aromatic heterocycles. The van der Waals surface area contributed by atoms with E-state index in [9.17, 15) is 14.4 Å². The Labute approximate surface area is 172 Å². The van der Waals surface area contributed by atoms with E-state index in [0.29, 0.717) is 11.4 Å². The summed E-state index contributed by atoms with van der Waals surface area (Å²) in [6.07, 6.45) is 2.94. The molecule has 0 saturated carbocycles. The number of halogens is 1. The number of amides is 1. The second kappa shape index (κ2) is 7.88. The highest BCUT2D eigenvalue weighted by Crippen LogP contribution is 2.14. The van der Waals surface area contributed by atoms with Crippen molar-refractivity contribution in [3.63, 3.8) is 0 Å². The van der Waals surface area contributed by atoms with Gasteiger partial charge in [0, 0.05) is 16.4 Å². The van der Waals surface area contributed by atoms with E-state index in [2.05, 4.69) is 26.2 Å². The first kappa shape index (κ1) is 18.9. The minimum atomic E-state index is -0.636. The Kier molecular flexibility index (Phi) is 5.13. The van der Waals surface area contributed by atoms with Crippen LogP contribution < -0.4 is 16.6 Å². The maximum absolute atomic E-state index is 13.0. The number of carbonyl (C=O) groups excluding carboxylic acids is 1. The third-order valence-electron chi connectivity index (χ3n) is 4.30. The topological polar surface area (TPSA) is 99.1 Å². The minimum Gasteiger partial charge on any atom is -0.467 e. The summed E-state index contributed by atoms with van der Waals surface area (Å²) >= 11 is 3.33. The van der Waals surface area contributed by atoms with E-state index >= 15 is 0 Å². The van der Waals surface area contributed by atoms with Crippen molar-refractivity contribution in [2.24, 2.45) is 0 Å². The van der Waals surface area contributed by atoms with Crippen molar-refractivity contribution in [1.82, 2.24) is 14.1 Å². The highest BCUT2D eigenvalue weighted by Gasteiger charge is 2.17. The van der Waals surface area contributed by atoms with Crippen molar-refractivity contribution in [2.45, 2.75) is 13.1 Å². The van der Waals surface area contributed by atoms with E-state index in [4.69, 9.17) is 4.42 Å². The summed E-state index contributed by atoms with van der Waals surface area (Å²) in [5.74, 6) is 0.0443. The molecule has 0 aliphatic carbocycles. The van der Waals surface area contributed by atoms with Gasteiger partial charge in [0.2, 0.25) is 5.91 Å². The van der Waals surface area contributed by atoms with Gasteiger partial charge in [0.15, 0.2) is 0 Å². The van der Waals surface area contributed by atoms with E-state index in [1.54, 1.807) is 48.5 Å². The monoisotopic (exact) mass is 454 g/mol. The lowest BCUT2D eigenvalue weighted by Gasteiger charge is -2.13. The van der Waals surface area contributed by atoms with E-state index in [0.717, 1.165) is 9.04 Å². The maximum Gasteiger partial charge on any atom is 0.333 e. The number of nitrogens with zero attached hydrogens (tertiary/aromatic N) is 3. The third kappa shape index (κ3) is 3.90. The molecule has 0 radical (unpaired) electrons. The second-order valence-electron chi connectivity index (χ2n) is 6.27. The number of anilines is 1. The summed E-state index contributed by atoms with van der Waals surface area (Å²) in [7, 11) is 0. The van der Waals surface area contributed by atoms with Gasteiger partial charge in [-0.25, -0.2) is 9.78 Å². The van der Waals surface area contributed by atoms with Crippen LogP contribution in [-0.4, -0.2) is 20.0 Å². The Hall–Kier alpha value is -3.46. The lowest BCUT2D eigenvalue weighted by molar-refractivity contribution is -0.116. The summed E-state index contributed by atoms with van der Waals surface area (Å²) in [6, 6.07) is 13.6. The van der Waals surface area contributed by atoms with Crippen molar-refractivity contribution in [3.05, 3.63) is 92.1 Å². The first-order valence-electron chi connectivity index (χ1n) is 8.69. The first-order valence-corrected chi connectivity index (χ1v) is 9.48. The highest BCUT2D eigenvalue weighted by molar-refractivity contribution is 9.10. The van der Waals surface area contributed by atoms with Gasteiger partial charge in [0.25, 0.3) is 5.56 Å². The maximum atomic E-state index is 13.0. The average molecular weight is 455 g/mol. The zero-order valence-corrected chi connectivity index (χ0v) is 16.6. The van der Waals surface area contributed by atoms with Crippen LogP contribution in [0.1, 0.15) is 5.76 Å². The van der Waals surface area contributed by atoms with Gasteiger partial charge < -0.3 is 9.73 Å². The van der Waals surface area contributed by atoms with Crippen LogP contribution in [0.4, 0.5) is 5.69 Å². The Morgan fingerprint density at radius 1 is 1.07 bits per heavy atom. The summed E-state index contributed by atoms with van der Waals surface area (Å²) in [6.45, 7) is -0.329. The minimum absolute atomic E-state index is 0.0379. The Morgan fingerprint density at radius 2 is 1.86 bits per heavy atom. The largest absolute Gasteiger partial charge is 0.467 e.